The second-order valence-electron chi connectivity index (χ2n) is 5.82. The number of hydrogen-bond donors (Lipinski definition) is 1. The molecule has 0 atom stereocenters. The molecular weight excluding hydrogens is 389 g/mol. The Kier molecular flexibility index (Phi) is 5.03. The van der Waals surface area contributed by atoms with Crippen LogP contribution in [-0.2, 0) is 0 Å². The Balaban J connectivity index is 1.64. The summed E-state index contributed by atoms with van der Waals surface area (Å²) in [4.78, 5) is 27.5. The van der Waals surface area contributed by atoms with Crippen molar-refractivity contribution >= 4 is 33.4 Å². The highest BCUT2D eigenvalue weighted by Crippen LogP contribution is 2.20. The fourth-order valence-corrected chi connectivity index (χ4v) is 3.06. The number of nitrogens with two attached hydrogens (primary N) is 1. The van der Waals surface area contributed by atoms with E-state index in [-0.39, 0.29) is 5.91 Å². The Morgan fingerprint density at radius 1 is 0.960 bits per heavy atom. The van der Waals surface area contributed by atoms with Crippen LogP contribution in [0.1, 0.15) is 20.7 Å². The lowest BCUT2D eigenvalue weighted by Crippen LogP contribution is -2.48. The highest BCUT2D eigenvalue weighted by molar-refractivity contribution is 9.10. The molecule has 130 valence electrons. The first-order valence-corrected chi connectivity index (χ1v) is 8.64. The van der Waals surface area contributed by atoms with Gasteiger partial charge in [-0.15, -0.1) is 0 Å². The summed E-state index contributed by atoms with van der Waals surface area (Å²) in [7, 11) is 0. The van der Waals surface area contributed by atoms with Crippen LogP contribution in [0.4, 0.5) is 10.1 Å². The number of hydrogen-bond acceptors (Lipinski definition) is 3. The van der Waals surface area contributed by atoms with Crippen molar-refractivity contribution in [3.05, 3.63) is 63.9 Å². The topological polar surface area (TPSA) is 66.6 Å². The van der Waals surface area contributed by atoms with E-state index in [0.29, 0.717) is 41.8 Å². The zero-order valence-electron chi connectivity index (χ0n) is 13.4. The van der Waals surface area contributed by atoms with E-state index in [1.54, 1.807) is 29.2 Å². The third-order valence-electron chi connectivity index (χ3n) is 4.25. The van der Waals surface area contributed by atoms with Crippen molar-refractivity contribution in [3.63, 3.8) is 0 Å². The highest BCUT2D eigenvalue weighted by atomic mass is 79.9. The molecule has 2 N–H and O–H groups in total. The van der Waals surface area contributed by atoms with Crippen LogP contribution >= 0.6 is 15.9 Å². The van der Waals surface area contributed by atoms with Crippen LogP contribution in [-0.4, -0.2) is 42.9 Å². The zero-order chi connectivity index (χ0) is 18.0. The number of benzene rings is 2. The second-order valence-corrected chi connectivity index (χ2v) is 6.67. The van der Waals surface area contributed by atoms with Gasteiger partial charge in [0, 0.05) is 43.0 Å². The number of anilines is 1. The third kappa shape index (κ3) is 3.82. The Hall–Kier alpha value is -2.41. The molecule has 0 radical (unpaired) electrons. The van der Waals surface area contributed by atoms with Crippen LogP contribution in [0.2, 0.25) is 0 Å². The molecule has 1 fully saturated rings. The number of carbonyl (C=O) groups is 2. The van der Waals surface area contributed by atoms with Crippen LogP contribution in [0.3, 0.4) is 0 Å². The molecule has 3 rings (SSSR count). The van der Waals surface area contributed by atoms with Crippen LogP contribution in [0.25, 0.3) is 0 Å². The van der Waals surface area contributed by atoms with Gasteiger partial charge in [0.05, 0.1) is 4.47 Å². The number of amides is 2. The average Bonchev–Trinajstić information content (AvgIpc) is 2.63. The molecule has 1 aliphatic heterocycles. The molecule has 0 unspecified atom stereocenters. The Morgan fingerprint density at radius 2 is 1.56 bits per heavy atom. The summed E-state index contributed by atoms with van der Waals surface area (Å²) in [6, 6.07) is 11.5. The molecule has 2 aromatic carbocycles. The molecule has 7 heteroatoms. The molecule has 5 nitrogen and oxygen atoms in total. The maximum atomic E-state index is 13.6. The van der Waals surface area contributed by atoms with E-state index in [4.69, 9.17) is 5.73 Å². The summed E-state index contributed by atoms with van der Waals surface area (Å²) in [6.07, 6.45) is 0. The van der Waals surface area contributed by atoms with Crippen LogP contribution in [0.15, 0.2) is 46.9 Å². The molecule has 0 bridgehead atoms. The number of rotatable bonds is 3. The zero-order valence-corrected chi connectivity index (χ0v) is 15.0. The molecule has 0 spiro atoms. The lowest BCUT2D eigenvalue weighted by atomic mass is 10.1. The molecule has 2 aromatic rings. The van der Waals surface area contributed by atoms with E-state index >= 15 is 0 Å². The normalized spacial score (nSPS) is 14.5. The van der Waals surface area contributed by atoms with Gasteiger partial charge in [-0.2, -0.15) is 0 Å². The van der Waals surface area contributed by atoms with Crippen molar-refractivity contribution in [1.82, 2.24) is 4.90 Å². The predicted octanol–water partition coefficient (Wildman–Crippen LogP) is 2.65. The second kappa shape index (κ2) is 7.23. The molecule has 1 aliphatic rings. The van der Waals surface area contributed by atoms with Gasteiger partial charge in [0.2, 0.25) is 5.91 Å². The van der Waals surface area contributed by atoms with Gasteiger partial charge in [-0.1, -0.05) is 0 Å². The molecule has 0 saturated carbocycles. The number of primary amides is 1. The maximum Gasteiger partial charge on any atom is 0.254 e. The van der Waals surface area contributed by atoms with Crippen molar-refractivity contribution in [1.29, 1.82) is 0 Å². The minimum absolute atomic E-state index is 0.171. The lowest BCUT2D eigenvalue weighted by molar-refractivity contribution is 0.0746. The fraction of sp³-hybridized carbons (Fsp3) is 0.222. The third-order valence-corrected chi connectivity index (χ3v) is 4.89. The summed E-state index contributed by atoms with van der Waals surface area (Å²) in [5.41, 5.74) is 7.04. The molecule has 0 aliphatic carbocycles. The standard InChI is InChI=1S/C18H17BrFN3O2/c19-15-6-3-13(11-16(15)20)18(25)23-9-7-22(8-10-23)14-4-1-12(2-5-14)17(21)24/h1-6,11H,7-10H2,(H2,21,24). The summed E-state index contributed by atoms with van der Waals surface area (Å²) in [6.45, 7) is 2.43. The maximum absolute atomic E-state index is 13.6. The quantitative estimate of drug-likeness (QED) is 0.853. The average molecular weight is 406 g/mol. The van der Waals surface area contributed by atoms with E-state index in [2.05, 4.69) is 20.8 Å². The van der Waals surface area contributed by atoms with Gasteiger partial charge in [-0.25, -0.2) is 4.39 Å². The number of carbonyl (C=O) groups excluding carboxylic acids is 2. The number of nitrogens with zero attached hydrogens (tertiary/aromatic N) is 2. The van der Waals surface area contributed by atoms with Crippen LogP contribution < -0.4 is 10.6 Å². The van der Waals surface area contributed by atoms with Crippen molar-refractivity contribution in [2.24, 2.45) is 5.73 Å². The first-order valence-electron chi connectivity index (χ1n) is 7.85. The summed E-state index contributed by atoms with van der Waals surface area (Å²) in [5, 5.41) is 0. The molecule has 2 amide bonds. The largest absolute Gasteiger partial charge is 0.368 e. The Morgan fingerprint density at radius 3 is 2.12 bits per heavy atom. The number of halogens is 2. The van der Waals surface area contributed by atoms with Crippen molar-refractivity contribution in [2.75, 3.05) is 31.1 Å². The Labute approximate surface area is 153 Å². The smallest absolute Gasteiger partial charge is 0.254 e. The van der Waals surface area contributed by atoms with Gasteiger partial charge in [-0.3, -0.25) is 9.59 Å². The van der Waals surface area contributed by atoms with Gasteiger partial charge in [0.25, 0.3) is 5.91 Å². The fourth-order valence-electron chi connectivity index (χ4n) is 2.82. The van der Waals surface area contributed by atoms with E-state index in [0.717, 1.165) is 5.69 Å². The van der Waals surface area contributed by atoms with Crippen LogP contribution in [0.5, 0.6) is 0 Å². The van der Waals surface area contributed by atoms with Crippen molar-refractivity contribution < 1.29 is 14.0 Å². The molecule has 1 heterocycles. The molecule has 0 aromatic heterocycles. The van der Waals surface area contributed by atoms with Crippen LogP contribution in [0, 0.1) is 5.82 Å². The first-order chi connectivity index (χ1) is 12.0. The summed E-state index contributed by atoms with van der Waals surface area (Å²) in [5.74, 6) is -1.07. The van der Waals surface area contributed by atoms with Gasteiger partial charge in [-0.05, 0) is 58.4 Å². The molecular formula is C18H17BrFN3O2. The van der Waals surface area contributed by atoms with Crippen molar-refractivity contribution in [2.45, 2.75) is 0 Å². The van der Waals surface area contributed by atoms with Gasteiger partial charge in [0.1, 0.15) is 5.82 Å². The summed E-state index contributed by atoms with van der Waals surface area (Å²) < 4.78 is 14.0. The minimum atomic E-state index is -0.455. The Bertz CT molecular complexity index is 802. The summed E-state index contributed by atoms with van der Waals surface area (Å²) >= 11 is 3.09. The lowest BCUT2D eigenvalue weighted by Gasteiger charge is -2.36. The van der Waals surface area contributed by atoms with Gasteiger partial charge in [0.15, 0.2) is 0 Å². The van der Waals surface area contributed by atoms with Gasteiger partial charge < -0.3 is 15.5 Å². The monoisotopic (exact) mass is 405 g/mol. The predicted molar refractivity (Wildman–Crippen MR) is 97.2 cm³/mol. The highest BCUT2D eigenvalue weighted by Gasteiger charge is 2.23. The van der Waals surface area contributed by atoms with Gasteiger partial charge >= 0.3 is 0 Å². The van der Waals surface area contributed by atoms with E-state index in [1.807, 2.05) is 12.1 Å². The van der Waals surface area contributed by atoms with E-state index in [9.17, 15) is 14.0 Å². The van der Waals surface area contributed by atoms with E-state index in [1.165, 1.54) is 6.07 Å². The first kappa shape index (κ1) is 17.4. The SMILES string of the molecule is NC(=O)c1ccc(N2CCN(C(=O)c3ccc(Br)c(F)c3)CC2)cc1. The van der Waals surface area contributed by atoms with E-state index < -0.39 is 11.7 Å². The minimum Gasteiger partial charge on any atom is -0.368 e. The molecule has 1 saturated heterocycles. The molecule has 25 heavy (non-hydrogen) atoms. The number of piperazine rings is 1. The van der Waals surface area contributed by atoms with Crippen molar-refractivity contribution in [3.8, 4) is 0 Å².